The molecule has 1 saturated heterocycles. The van der Waals surface area contributed by atoms with Crippen LogP contribution >= 0.6 is 0 Å². The second-order valence-electron chi connectivity index (χ2n) is 6.72. The Morgan fingerprint density at radius 3 is 2.68 bits per heavy atom. The van der Waals surface area contributed by atoms with Crippen molar-refractivity contribution in [2.75, 3.05) is 26.2 Å². The molecule has 9 nitrogen and oxygen atoms in total. The van der Waals surface area contributed by atoms with Gasteiger partial charge in [-0.05, 0) is 31.9 Å². The lowest BCUT2D eigenvalue weighted by molar-refractivity contribution is -0.131. The SMILES string of the molecule is CCn1ccc(CN2CCCN(C(=O)CCc3ccnn3C)CC2)n1.O=CO. The number of hydrogen-bond acceptors (Lipinski definition) is 5. The van der Waals surface area contributed by atoms with Gasteiger partial charge in [-0.3, -0.25) is 23.9 Å². The minimum atomic E-state index is -0.250. The van der Waals surface area contributed by atoms with Gasteiger partial charge < -0.3 is 10.0 Å². The van der Waals surface area contributed by atoms with Crippen LogP contribution in [0, 0.1) is 0 Å². The first kappa shape index (κ1) is 21.6. The molecule has 154 valence electrons. The van der Waals surface area contributed by atoms with Crippen LogP contribution in [-0.4, -0.2) is 73.0 Å². The van der Waals surface area contributed by atoms with E-state index in [4.69, 9.17) is 9.90 Å². The number of aromatic nitrogens is 4. The highest BCUT2D eigenvalue weighted by Crippen LogP contribution is 2.10. The zero-order valence-electron chi connectivity index (χ0n) is 16.7. The summed E-state index contributed by atoms with van der Waals surface area (Å²) in [4.78, 5) is 25.3. The molecule has 1 fully saturated rings. The lowest BCUT2D eigenvalue weighted by Crippen LogP contribution is -2.35. The van der Waals surface area contributed by atoms with Crippen LogP contribution in [0.2, 0.25) is 0 Å². The van der Waals surface area contributed by atoms with Gasteiger partial charge in [0.25, 0.3) is 6.47 Å². The van der Waals surface area contributed by atoms with Gasteiger partial charge in [0.2, 0.25) is 5.91 Å². The number of rotatable bonds is 6. The maximum absolute atomic E-state index is 12.5. The predicted molar refractivity (Wildman–Crippen MR) is 105 cm³/mol. The van der Waals surface area contributed by atoms with Crippen molar-refractivity contribution < 1.29 is 14.7 Å². The molecule has 0 aromatic carbocycles. The van der Waals surface area contributed by atoms with E-state index in [0.29, 0.717) is 6.42 Å². The third kappa shape index (κ3) is 6.49. The second kappa shape index (κ2) is 11.2. The van der Waals surface area contributed by atoms with E-state index in [2.05, 4.69) is 28.1 Å². The summed E-state index contributed by atoms with van der Waals surface area (Å²) in [7, 11) is 1.92. The predicted octanol–water partition coefficient (Wildman–Crippen LogP) is 1.00. The summed E-state index contributed by atoms with van der Waals surface area (Å²) >= 11 is 0. The standard InChI is InChI=1S/C18H28N6O.CH2O2/c1-3-24-12-8-16(20-24)15-22-10-4-11-23(14-13-22)18(25)6-5-17-7-9-19-21(17)2;2-1-3/h7-9,12H,3-6,10-11,13-15H2,1-2H3;1H,(H,2,3). The first-order chi connectivity index (χ1) is 13.6. The summed E-state index contributed by atoms with van der Waals surface area (Å²) in [6, 6.07) is 4.07. The van der Waals surface area contributed by atoms with Gasteiger partial charge in [-0.15, -0.1) is 0 Å². The lowest BCUT2D eigenvalue weighted by Gasteiger charge is -2.21. The quantitative estimate of drug-likeness (QED) is 0.740. The maximum atomic E-state index is 12.5. The summed E-state index contributed by atoms with van der Waals surface area (Å²) in [6.45, 7) is 7.20. The molecule has 9 heteroatoms. The van der Waals surface area contributed by atoms with Crippen LogP contribution < -0.4 is 0 Å². The zero-order valence-corrected chi connectivity index (χ0v) is 16.7. The summed E-state index contributed by atoms with van der Waals surface area (Å²) in [5.41, 5.74) is 2.22. The zero-order chi connectivity index (χ0) is 20.4. The molecule has 1 aliphatic heterocycles. The van der Waals surface area contributed by atoms with E-state index >= 15 is 0 Å². The molecule has 0 spiro atoms. The highest BCUT2D eigenvalue weighted by Gasteiger charge is 2.19. The van der Waals surface area contributed by atoms with Gasteiger partial charge in [0, 0.05) is 70.8 Å². The average Bonchev–Trinajstić information content (AvgIpc) is 3.24. The van der Waals surface area contributed by atoms with Crippen LogP contribution in [0.5, 0.6) is 0 Å². The fourth-order valence-corrected chi connectivity index (χ4v) is 3.31. The highest BCUT2D eigenvalue weighted by molar-refractivity contribution is 5.76. The molecule has 3 rings (SSSR count). The molecule has 1 amide bonds. The van der Waals surface area contributed by atoms with Gasteiger partial charge in [-0.1, -0.05) is 0 Å². The molecule has 1 aliphatic rings. The molecular weight excluding hydrogens is 360 g/mol. The first-order valence-electron chi connectivity index (χ1n) is 9.64. The Hall–Kier alpha value is -2.68. The Bertz CT molecular complexity index is 742. The van der Waals surface area contributed by atoms with E-state index in [1.54, 1.807) is 6.20 Å². The minimum Gasteiger partial charge on any atom is -0.483 e. The topological polar surface area (TPSA) is 96.5 Å². The normalized spacial score (nSPS) is 14.9. The minimum absolute atomic E-state index is 0.248. The third-order valence-corrected chi connectivity index (χ3v) is 4.86. The van der Waals surface area contributed by atoms with Crippen molar-refractivity contribution in [1.82, 2.24) is 29.4 Å². The highest BCUT2D eigenvalue weighted by atomic mass is 16.3. The number of amides is 1. The van der Waals surface area contributed by atoms with Crippen LogP contribution in [0.4, 0.5) is 0 Å². The van der Waals surface area contributed by atoms with Gasteiger partial charge in [-0.2, -0.15) is 10.2 Å². The molecule has 0 radical (unpaired) electrons. The Labute approximate surface area is 165 Å². The number of carbonyl (C=O) groups excluding carboxylic acids is 1. The average molecular weight is 390 g/mol. The molecule has 0 unspecified atom stereocenters. The molecule has 0 atom stereocenters. The number of nitrogens with zero attached hydrogens (tertiary/aromatic N) is 6. The summed E-state index contributed by atoms with van der Waals surface area (Å²) in [6.07, 6.45) is 6.14. The second-order valence-corrected chi connectivity index (χ2v) is 6.72. The van der Waals surface area contributed by atoms with Crippen LogP contribution in [0.1, 0.15) is 31.2 Å². The molecular formula is C19H30N6O3. The largest absolute Gasteiger partial charge is 0.483 e. The van der Waals surface area contributed by atoms with E-state index in [9.17, 15) is 4.79 Å². The van der Waals surface area contributed by atoms with Crippen molar-refractivity contribution in [2.24, 2.45) is 7.05 Å². The summed E-state index contributed by atoms with van der Waals surface area (Å²) in [5, 5.41) is 15.6. The maximum Gasteiger partial charge on any atom is 0.290 e. The number of carbonyl (C=O) groups is 2. The molecule has 0 aliphatic carbocycles. The van der Waals surface area contributed by atoms with Gasteiger partial charge in [0.15, 0.2) is 0 Å². The van der Waals surface area contributed by atoms with Gasteiger partial charge >= 0.3 is 0 Å². The van der Waals surface area contributed by atoms with Crippen molar-refractivity contribution in [3.05, 3.63) is 35.9 Å². The Morgan fingerprint density at radius 1 is 1.25 bits per heavy atom. The molecule has 3 heterocycles. The van der Waals surface area contributed by atoms with Gasteiger partial charge in [0.1, 0.15) is 0 Å². The van der Waals surface area contributed by atoms with Crippen molar-refractivity contribution in [3.63, 3.8) is 0 Å². The number of carboxylic acid groups (broad SMARTS) is 1. The fourth-order valence-electron chi connectivity index (χ4n) is 3.31. The molecule has 1 N–H and O–H groups in total. The molecule has 2 aromatic rings. The van der Waals surface area contributed by atoms with Crippen molar-refractivity contribution in [1.29, 1.82) is 0 Å². The van der Waals surface area contributed by atoms with Crippen LogP contribution in [0.15, 0.2) is 24.5 Å². The van der Waals surface area contributed by atoms with Crippen molar-refractivity contribution in [3.8, 4) is 0 Å². The van der Waals surface area contributed by atoms with E-state index < -0.39 is 0 Å². The van der Waals surface area contributed by atoms with Crippen molar-refractivity contribution in [2.45, 2.75) is 39.3 Å². The molecule has 28 heavy (non-hydrogen) atoms. The summed E-state index contributed by atoms with van der Waals surface area (Å²) in [5.74, 6) is 0.248. The van der Waals surface area contributed by atoms with E-state index in [-0.39, 0.29) is 12.4 Å². The first-order valence-corrected chi connectivity index (χ1v) is 9.64. The summed E-state index contributed by atoms with van der Waals surface area (Å²) < 4.78 is 3.80. The smallest absolute Gasteiger partial charge is 0.290 e. The molecule has 0 saturated carbocycles. The molecule has 2 aromatic heterocycles. The van der Waals surface area contributed by atoms with Crippen LogP contribution in [-0.2, 0) is 36.1 Å². The van der Waals surface area contributed by atoms with Crippen LogP contribution in [0.25, 0.3) is 0 Å². The monoisotopic (exact) mass is 390 g/mol. The number of aryl methyl sites for hydroxylation is 3. The van der Waals surface area contributed by atoms with E-state index in [1.807, 2.05) is 33.6 Å². The van der Waals surface area contributed by atoms with Crippen LogP contribution in [0.3, 0.4) is 0 Å². The third-order valence-electron chi connectivity index (χ3n) is 4.86. The van der Waals surface area contributed by atoms with E-state index in [0.717, 1.165) is 63.5 Å². The lowest BCUT2D eigenvalue weighted by atomic mass is 10.2. The van der Waals surface area contributed by atoms with Gasteiger partial charge in [-0.25, -0.2) is 0 Å². The fraction of sp³-hybridized carbons (Fsp3) is 0.579. The van der Waals surface area contributed by atoms with Crippen molar-refractivity contribution >= 4 is 12.4 Å². The molecule has 0 bridgehead atoms. The van der Waals surface area contributed by atoms with E-state index in [1.165, 1.54) is 0 Å². The Morgan fingerprint density at radius 2 is 2.04 bits per heavy atom. The Kier molecular flexibility index (Phi) is 8.67. The number of hydrogen-bond donors (Lipinski definition) is 1. The van der Waals surface area contributed by atoms with Gasteiger partial charge in [0.05, 0.1) is 5.69 Å². The Balaban J connectivity index is 0.000000878.